The maximum absolute atomic E-state index is 13.3. The number of thioether (sulfide) groups is 1. The number of rotatable bonds is 9. The van der Waals surface area contributed by atoms with Crippen molar-refractivity contribution in [1.82, 2.24) is 9.80 Å². The van der Waals surface area contributed by atoms with E-state index in [1.54, 1.807) is 11.0 Å². The van der Waals surface area contributed by atoms with Gasteiger partial charge in [-0.15, -0.1) is 0 Å². The first-order valence-electron chi connectivity index (χ1n) is 12.4. The van der Waals surface area contributed by atoms with E-state index in [0.717, 1.165) is 22.0 Å². The number of amidine groups is 1. The van der Waals surface area contributed by atoms with Crippen molar-refractivity contribution in [1.29, 1.82) is 0 Å². The highest BCUT2D eigenvalue weighted by molar-refractivity contribution is 8.16. The Labute approximate surface area is 223 Å². The molecule has 0 fully saturated rings. The molecule has 0 unspecified atom stereocenters. The van der Waals surface area contributed by atoms with Crippen LogP contribution >= 0.6 is 11.8 Å². The topological polar surface area (TPSA) is 62.2 Å². The predicted molar refractivity (Wildman–Crippen MR) is 150 cm³/mol. The average Bonchev–Trinajstić information content (AvgIpc) is 3.28. The van der Waals surface area contributed by atoms with Gasteiger partial charge in [-0.1, -0.05) is 92.9 Å². The number of fused-ring (bicyclic) bond motifs is 1. The minimum absolute atomic E-state index is 0.00656. The molecule has 0 bridgehead atoms. The lowest BCUT2D eigenvalue weighted by Crippen LogP contribution is -2.38. The molecule has 0 aliphatic carbocycles. The van der Waals surface area contributed by atoms with Crippen molar-refractivity contribution in [2.24, 2.45) is 4.99 Å². The molecule has 0 spiro atoms. The second kappa shape index (κ2) is 11.6. The van der Waals surface area contributed by atoms with Crippen LogP contribution < -0.4 is 0 Å². The molecule has 37 heavy (non-hydrogen) atoms. The largest absolute Gasteiger partial charge is 0.458 e. The minimum Gasteiger partial charge on any atom is -0.458 e. The normalized spacial score (nSPS) is 16.8. The first-order chi connectivity index (χ1) is 17.8. The van der Waals surface area contributed by atoms with Gasteiger partial charge in [0.2, 0.25) is 5.91 Å². The number of esters is 1. The summed E-state index contributed by atoms with van der Waals surface area (Å²) < 4.78 is 5.47. The second-order valence-electron chi connectivity index (χ2n) is 9.51. The molecule has 0 radical (unpaired) electrons. The van der Waals surface area contributed by atoms with Gasteiger partial charge in [0.05, 0.1) is 23.7 Å². The van der Waals surface area contributed by atoms with E-state index in [2.05, 4.69) is 44.7 Å². The molecule has 6 nitrogen and oxygen atoms in total. The second-order valence-corrected chi connectivity index (χ2v) is 10.4. The SMILES string of the molecule is C=CCOC(=O)C1=C(C)N=C2SC=C(CC(=O)N(C)Cc3ccccc3)N2[C@H]1c1ccc(C(C)C)cc1. The molecule has 2 aliphatic heterocycles. The van der Waals surface area contributed by atoms with Crippen LogP contribution in [0.3, 0.4) is 0 Å². The molecule has 4 rings (SSSR count). The maximum Gasteiger partial charge on any atom is 0.338 e. The van der Waals surface area contributed by atoms with Gasteiger partial charge >= 0.3 is 5.97 Å². The number of allylic oxidation sites excluding steroid dienone is 1. The minimum atomic E-state index is -0.445. The van der Waals surface area contributed by atoms with E-state index < -0.39 is 12.0 Å². The standard InChI is InChI=1S/C30H33N3O3S/c1-6-16-36-29(35)27-21(4)31-30-33(28(27)24-14-12-23(13-15-24)20(2)3)25(19-37-30)17-26(34)32(5)18-22-10-8-7-9-11-22/h6-15,19-20,28H,1,16-18H2,2-5H3/t28-/m0/s1. The average molecular weight is 516 g/mol. The Morgan fingerprint density at radius 2 is 1.86 bits per heavy atom. The monoisotopic (exact) mass is 515 g/mol. The van der Waals surface area contributed by atoms with E-state index in [9.17, 15) is 9.59 Å². The van der Waals surface area contributed by atoms with Crippen LogP contribution in [0.5, 0.6) is 0 Å². The van der Waals surface area contributed by atoms with Crippen LogP contribution in [0.15, 0.2) is 94.6 Å². The smallest absolute Gasteiger partial charge is 0.338 e. The van der Waals surface area contributed by atoms with Crippen molar-refractivity contribution in [3.63, 3.8) is 0 Å². The number of aliphatic imine (C=N–C) groups is 1. The summed E-state index contributed by atoms with van der Waals surface area (Å²) in [6.07, 6.45) is 1.75. The van der Waals surface area contributed by atoms with E-state index in [0.29, 0.717) is 23.7 Å². The Kier molecular flexibility index (Phi) is 8.34. The van der Waals surface area contributed by atoms with Crippen molar-refractivity contribution in [3.8, 4) is 0 Å². The van der Waals surface area contributed by atoms with Gasteiger partial charge < -0.3 is 14.5 Å². The highest BCUT2D eigenvalue weighted by Crippen LogP contribution is 2.45. The molecular formula is C30H33N3O3S. The fourth-order valence-corrected chi connectivity index (χ4v) is 5.42. The first kappa shape index (κ1) is 26.5. The number of amides is 1. The predicted octanol–water partition coefficient (Wildman–Crippen LogP) is 6.16. The molecule has 0 saturated carbocycles. The molecule has 7 heteroatoms. The number of benzene rings is 2. The van der Waals surface area contributed by atoms with Crippen molar-refractivity contribution in [2.75, 3.05) is 13.7 Å². The van der Waals surface area contributed by atoms with Crippen molar-refractivity contribution in [2.45, 2.75) is 45.7 Å². The summed E-state index contributed by atoms with van der Waals surface area (Å²) in [7, 11) is 1.81. The van der Waals surface area contributed by atoms with Gasteiger partial charge in [-0.3, -0.25) is 4.79 Å². The fraction of sp³-hybridized carbons (Fsp3) is 0.300. The van der Waals surface area contributed by atoms with Crippen molar-refractivity contribution in [3.05, 3.63) is 106 Å². The van der Waals surface area contributed by atoms with Crippen LogP contribution in [0.1, 0.15) is 55.8 Å². The molecule has 0 N–H and O–H groups in total. The Morgan fingerprint density at radius 3 is 2.51 bits per heavy atom. The zero-order valence-electron chi connectivity index (χ0n) is 21.8. The molecule has 0 aromatic heterocycles. The van der Waals surface area contributed by atoms with Crippen LogP contribution in [0.25, 0.3) is 0 Å². The van der Waals surface area contributed by atoms with Crippen LogP contribution in [0.4, 0.5) is 0 Å². The van der Waals surface area contributed by atoms with Gasteiger partial charge in [0.15, 0.2) is 5.17 Å². The molecule has 192 valence electrons. The number of hydrogen-bond donors (Lipinski definition) is 0. The number of hydrogen-bond acceptors (Lipinski definition) is 6. The van der Waals surface area contributed by atoms with E-state index in [1.165, 1.54) is 17.3 Å². The van der Waals surface area contributed by atoms with Crippen LogP contribution in [-0.4, -0.2) is 40.5 Å². The summed E-state index contributed by atoms with van der Waals surface area (Å²) in [6, 6.07) is 17.8. The van der Waals surface area contributed by atoms with Gasteiger partial charge in [0, 0.05) is 19.3 Å². The summed E-state index contributed by atoms with van der Waals surface area (Å²) >= 11 is 1.47. The van der Waals surface area contributed by atoms with Crippen LogP contribution in [0.2, 0.25) is 0 Å². The van der Waals surface area contributed by atoms with E-state index in [1.807, 2.05) is 54.6 Å². The lowest BCUT2D eigenvalue weighted by molar-refractivity contribution is -0.138. The van der Waals surface area contributed by atoms with Crippen molar-refractivity contribution >= 4 is 28.8 Å². The van der Waals surface area contributed by atoms with Gasteiger partial charge in [-0.25, -0.2) is 9.79 Å². The lowest BCUT2D eigenvalue weighted by atomic mass is 9.92. The van der Waals surface area contributed by atoms with Crippen LogP contribution in [-0.2, 0) is 20.9 Å². The van der Waals surface area contributed by atoms with E-state index in [-0.39, 0.29) is 18.9 Å². The molecule has 1 atom stereocenters. The number of nitrogens with zero attached hydrogens (tertiary/aromatic N) is 3. The molecular weight excluding hydrogens is 482 g/mol. The Hall–Kier alpha value is -3.58. The summed E-state index contributed by atoms with van der Waals surface area (Å²) in [5.74, 6) is -0.0442. The van der Waals surface area contributed by atoms with E-state index in [4.69, 9.17) is 9.73 Å². The maximum atomic E-state index is 13.3. The quantitative estimate of drug-likeness (QED) is 0.296. The van der Waals surface area contributed by atoms with Gasteiger partial charge in [0.25, 0.3) is 0 Å². The van der Waals surface area contributed by atoms with Gasteiger partial charge in [0.1, 0.15) is 6.61 Å². The third-order valence-electron chi connectivity index (χ3n) is 6.49. The summed E-state index contributed by atoms with van der Waals surface area (Å²) in [5, 5.41) is 2.72. The van der Waals surface area contributed by atoms with Crippen molar-refractivity contribution < 1.29 is 14.3 Å². The summed E-state index contributed by atoms with van der Waals surface area (Å²) in [5.41, 5.74) is 5.14. The fourth-order valence-electron chi connectivity index (χ4n) is 4.46. The molecule has 0 saturated heterocycles. The van der Waals surface area contributed by atoms with Gasteiger partial charge in [-0.05, 0) is 34.9 Å². The Balaban J connectivity index is 1.65. The lowest BCUT2D eigenvalue weighted by Gasteiger charge is -2.36. The molecule has 2 heterocycles. The summed E-state index contributed by atoms with van der Waals surface area (Å²) in [6.45, 7) is 10.4. The Bertz CT molecular complexity index is 1260. The number of carbonyl (C=O) groups is 2. The molecule has 2 aliphatic rings. The Morgan fingerprint density at radius 1 is 1.16 bits per heavy atom. The zero-order chi connectivity index (χ0) is 26.5. The molecule has 2 aromatic carbocycles. The summed E-state index contributed by atoms with van der Waals surface area (Å²) in [4.78, 5) is 35.0. The first-order valence-corrected chi connectivity index (χ1v) is 13.3. The zero-order valence-corrected chi connectivity index (χ0v) is 22.6. The highest BCUT2D eigenvalue weighted by Gasteiger charge is 2.41. The molecule has 1 amide bonds. The van der Waals surface area contributed by atoms with Crippen LogP contribution in [0, 0.1) is 0 Å². The third-order valence-corrected chi connectivity index (χ3v) is 7.38. The van der Waals surface area contributed by atoms with Gasteiger partial charge in [-0.2, -0.15) is 0 Å². The molecule has 2 aromatic rings. The number of carbonyl (C=O) groups excluding carboxylic acids is 2. The third kappa shape index (κ3) is 5.88. The highest BCUT2D eigenvalue weighted by atomic mass is 32.2. The van der Waals surface area contributed by atoms with E-state index >= 15 is 0 Å². The number of ether oxygens (including phenoxy) is 1.